The average molecular weight is 589 g/mol. The van der Waals surface area contributed by atoms with Crippen molar-refractivity contribution in [2.75, 3.05) is 39.6 Å². The van der Waals surface area contributed by atoms with Gasteiger partial charge in [0.05, 0.1) is 23.9 Å². The molecule has 2 atom stereocenters. The molecule has 2 heterocycles. The first-order chi connectivity index (χ1) is 20.0. The van der Waals surface area contributed by atoms with Gasteiger partial charge in [-0.2, -0.15) is 13.2 Å². The van der Waals surface area contributed by atoms with Crippen LogP contribution in [0.25, 0.3) is 0 Å². The predicted molar refractivity (Wildman–Crippen MR) is 152 cm³/mol. The van der Waals surface area contributed by atoms with Crippen LogP contribution in [-0.4, -0.2) is 78.0 Å². The number of nitrogens with one attached hydrogen (secondary N) is 2. The van der Waals surface area contributed by atoms with Gasteiger partial charge >= 0.3 is 6.18 Å². The first-order valence-electron chi connectivity index (χ1n) is 14.7. The lowest BCUT2D eigenvalue weighted by Crippen LogP contribution is -2.44. The third kappa shape index (κ3) is 6.96. The zero-order chi connectivity index (χ0) is 30.0. The van der Waals surface area contributed by atoms with Crippen LogP contribution in [-0.2, 0) is 17.4 Å². The number of carbonyl (C=O) groups excluding carboxylic acids is 2. The molecule has 42 heavy (non-hydrogen) atoms. The molecule has 0 unspecified atom stereocenters. The molecule has 2 aliphatic carbocycles. The van der Waals surface area contributed by atoms with Crippen molar-refractivity contribution in [1.29, 1.82) is 0 Å². The van der Waals surface area contributed by atoms with Gasteiger partial charge in [-0.15, -0.1) is 0 Å². The molecular weight excluding hydrogens is 549 g/mol. The number of halogens is 3. The summed E-state index contributed by atoms with van der Waals surface area (Å²) in [6.45, 7) is 1.85. The molecule has 1 aromatic heterocycles. The standard InChI is InChI=1S/C30H39F3N6O3/c1-38-13-11-21(12-14-38)39(2)28(41)23-10-9-20(16-26(23)42-3)36-29-34-17-24(30(31,32)33)25(37-29)15-18-5-4-6-22(18)27(40)35-19-7-8-19/h9-10,16-19,21-22H,4-8,11-15H2,1-3H3,(H,35,40)(H,34,36,37)/t18-,22-/m0/s1. The molecule has 0 spiro atoms. The van der Waals surface area contributed by atoms with E-state index in [1.54, 1.807) is 30.1 Å². The van der Waals surface area contributed by atoms with Crippen molar-refractivity contribution < 1.29 is 27.5 Å². The third-order valence-corrected chi connectivity index (χ3v) is 8.79. The highest BCUT2D eigenvalue weighted by molar-refractivity contribution is 5.97. The van der Waals surface area contributed by atoms with E-state index in [-0.39, 0.29) is 53.8 Å². The maximum absolute atomic E-state index is 13.9. The molecule has 2 N–H and O–H groups in total. The van der Waals surface area contributed by atoms with E-state index in [0.717, 1.165) is 51.4 Å². The summed E-state index contributed by atoms with van der Waals surface area (Å²) in [6.07, 6.45) is 2.03. The number of piperidine rings is 1. The second-order valence-electron chi connectivity index (χ2n) is 11.8. The smallest absolute Gasteiger partial charge is 0.419 e. The number of benzene rings is 1. The second-order valence-corrected chi connectivity index (χ2v) is 11.8. The van der Waals surface area contributed by atoms with Crippen LogP contribution in [0.4, 0.5) is 24.8 Å². The van der Waals surface area contributed by atoms with E-state index in [0.29, 0.717) is 29.8 Å². The Bertz CT molecular complexity index is 1290. The van der Waals surface area contributed by atoms with E-state index in [1.807, 2.05) is 0 Å². The van der Waals surface area contributed by atoms with Gasteiger partial charge in [-0.3, -0.25) is 9.59 Å². The highest BCUT2D eigenvalue weighted by Gasteiger charge is 2.40. The fourth-order valence-corrected chi connectivity index (χ4v) is 6.09. The molecule has 1 aliphatic heterocycles. The lowest BCUT2D eigenvalue weighted by atomic mass is 9.89. The molecule has 12 heteroatoms. The first-order valence-corrected chi connectivity index (χ1v) is 14.7. The summed E-state index contributed by atoms with van der Waals surface area (Å²) in [5, 5.41) is 5.98. The van der Waals surface area contributed by atoms with E-state index >= 15 is 0 Å². The summed E-state index contributed by atoms with van der Waals surface area (Å²) in [5.74, 6) is -0.423. The molecule has 1 saturated heterocycles. The van der Waals surface area contributed by atoms with E-state index in [4.69, 9.17) is 4.74 Å². The van der Waals surface area contributed by atoms with E-state index in [1.165, 1.54) is 7.11 Å². The number of amides is 2. The number of anilines is 2. The topological polar surface area (TPSA) is 99.7 Å². The molecular formula is C30H39F3N6O3. The van der Waals surface area contributed by atoms with Crippen LogP contribution >= 0.6 is 0 Å². The third-order valence-electron chi connectivity index (χ3n) is 8.79. The van der Waals surface area contributed by atoms with Gasteiger partial charge in [0.2, 0.25) is 11.9 Å². The molecule has 2 amide bonds. The number of nitrogens with zero attached hydrogens (tertiary/aromatic N) is 4. The Morgan fingerprint density at radius 2 is 1.86 bits per heavy atom. The highest BCUT2D eigenvalue weighted by Crippen LogP contribution is 2.39. The van der Waals surface area contributed by atoms with Crippen molar-refractivity contribution >= 4 is 23.5 Å². The zero-order valence-electron chi connectivity index (χ0n) is 24.3. The Balaban J connectivity index is 1.33. The average Bonchev–Trinajstić information content (AvgIpc) is 3.65. The molecule has 3 aliphatic rings. The van der Waals surface area contributed by atoms with Crippen molar-refractivity contribution in [3.63, 3.8) is 0 Å². The van der Waals surface area contributed by atoms with Crippen molar-refractivity contribution in [1.82, 2.24) is 25.1 Å². The minimum absolute atomic E-state index is 0.000415. The molecule has 228 valence electrons. The molecule has 9 nitrogen and oxygen atoms in total. The molecule has 2 saturated carbocycles. The number of hydrogen-bond donors (Lipinski definition) is 2. The molecule has 2 aromatic rings. The maximum atomic E-state index is 13.9. The largest absolute Gasteiger partial charge is 0.496 e. The first kappa shape index (κ1) is 30.1. The van der Waals surface area contributed by atoms with Crippen LogP contribution in [0.5, 0.6) is 5.75 Å². The van der Waals surface area contributed by atoms with Gasteiger partial charge in [-0.05, 0) is 83.1 Å². The van der Waals surface area contributed by atoms with E-state index in [2.05, 4.69) is 32.5 Å². The van der Waals surface area contributed by atoms with Crippen molar-refractivity contribution in [3.05, 3.63) is 41.2 Å². The Kier molecular flexibility index (Phi) is 8.91. The van der Waals surface area contributed by atoms with E-state index in [9.17, 15) is 22.8 Å². The van der Waals surface area contributed by atoms with E-state index < -0.39 is 11.7 Å². The van der Waals surface area contributed by atoms with Gasteiger partial charge in [0.25, 0.3) is 5.91 Å². The van der Waals surface area contributed by atoms with Crippen molar-refractivity contribution in [2.45, 2.75) is 69.6 Å². The molecule has 3 fully saturated rings. The van der Waals surface area contributed by atoms with Crippen molar-refractivity contribution in [2.24, 2.45) is 11.8 Å². The quantitative estimate of drug-likeness (QED) is 0.440. The number of methoxy groups -OCH3 is 1. The van der Waals surface area contributed by atoms with Crippen LogP contribution in [0.2, 0.25) is 0 Å². The Morgan fingerprint density at radius 1 is 1.12 bits per heavy atom. The van der Waals surface area contributed by atoms with Crippen molar-refractivity contribution in [3.8, 4) is 5.75 Å². The second kappa shape index (κ2) is 12.4. The minimum atomic E-state index is -4.62. The number of likely N-dealkylation sites (tertiary alicyclic amines) is 1. The predicted octanol–water partition coefficient (Wildman–Crippen LogP) is 4.65. The molecule has 0 bridgehead atoms. The van der Waals surface area contributed by atoms with Gasteiger partial charge in [0.1, 0.15) is 5.75 Å². The lowest BCUT2D eigenvalue weighted by Gasteiger charge is -2.35. The molecule has 5 rings (SSSR count). The summed E-state index contributed by atoms with van der Waals surface area (Å²) in [6, 6.07) is 5.25. The lowest BCUT2D eigenvalue weighted by molar-refractivity contribution is -0.138. The summed E-state index contributed by atoms with van der Waals surface area (Å²) in [7, 11) is 5.33. The Labute approximate surface area is 244 Å². The summed E-state index contributed by atoms with van der Waals surface area (Å²) < 4.78 is 47.3. The fraction of sp³-hybridized carbons (Fsp3) is 0.600. The number of aromatic nitrogens is 2. The molecule has 0 radical (unpaired) electrons. The number of carbonyl (C=O) groups is 2. The van der Waals surface area contributed by atoms with Crippen LogP contribution in [0.1, 0.15) is 66.6 Å². The highest BCUT2D eigenvalue weighted by atomic mass is 19.4. The number of ether oxygens (including phenoxy) is 1. The zero-order valence-corrected chi connectivity index (χ0v) is 24.3. The van der Waals surface area contributed by atoms with Crippen LogP contribution in [0.15, 0.2) is 24.4 Å². The number of rotatable bonds is 9. The van der Waals surface area contributed by atoms with Crippen LogP contribution < -0.4 is 15.4 Å². The maximum Gasteiger partial charge on any atom is 0.419 e. The van der Waals surface area contributed by atoms with Gasteiger partial charge in [0, 0.05) is 43.0 Å². The normalized spacial score (nSPS) is 21.7. The molecule has 1 aromatic carbocycles. The fourth-order valence-electron chi connectivity index (χ4n) is 6.09. The Morgan fingerprint density at radius 3 is 2.52 bits per heavy atom. The van der Waals surface area contributed by atoms with Crippen LogP contribution in [0.3, 0.4) is 0 Å². The van der Waals surface area contributed by atoms with Gasteiger partial charge in [-0.25, -0.2) is 9.97 Å². The van der Waals surface area contributed by atoms with Gasteiger partial charge in [0.15, 0.2) is 0 Å². The summed E-state index contributed by atoms with van der Waals surface area (Å²) >= 11 is 0. The summed E-state index contributed by atoms with van der Waals surface area (Å²) in [4.78, 5) is 38.3. The van der Waals surface area contributed by atoms with Gasteiger partial charge < -0.3 is 25.2 Å². The van der Waals surface area contributed by atoms with Gasteiger partial charge in [-0.1, -0.05) is 6.42 Å². The SMILES string of the molecule is COc1cc(Nc2ncc(C(F)(F)F)c(C[C@@H]3CCC[C@@H]3C(=O)NC3CC3)n2)ccc1C(=O)N(C)C1CCN(C)CC1. The Hall–Kier alpha value is -3.41. The summed E-state index contributed by atoms with van der Waals surface area (Å²) in [5.41, 5.74) is -0.153. The minimum Gasteiger partial charge on any atom is -0.496 e. The number of hydrogen-bond acceptors (Lipinski definition) is 7. The van der Waals surface area contributed by atoms with Crippen LogP contribution in [0, 0.1) is 11.8 Å². The monoisotopic (exact) mass is 588 g/mol. The number of alkyl halides is 3.